The van der Waals surface area contributed by atoms with Crippen LogP contribution in [0.3, 0.4) is 0 Å². The molecule has 0 aliphatic rings. The minimum atomic E-state index is 0.605. The Morgan fingerprint density at radius 3 is 2.78 bits per heavy atom. The Morgan fingerprint density at radius 1 is 1.22 bits per heavy atom. The second-order valence-corrected chi connectivity index (χ2v) is 4.71. The summed E-state index contributed by atoms with van der Waals surface area (Å²) in [5.74, 6) is 0. The van der Waals surface area contributed by atoms with E-state index >= 15 is 0 Å². The van der Waals surface area contributed by atoms with Gasteiger partial charge in [-0.15, -0.1) is 5.10 Å². The fraction of sp³-hybridized carbons (Fsp3) is 0.846. The quantitative estimate of drug-likeness (QED) is 0.589. The normalized spacial score (nSPS) is 11.0. The predicted molar refractivity (Wildman–Crippen MR) is 74.2 cm³/mol. The van der Waals surface area contributed by atoms with Gasteiger partial charge in [0.2, 0.25) is 0 Å². The number of nitrogens with zero attached hydrogens (tertiary/aromatic N) is 3. The molecule has 1 aromatic rings. The lowest BCUT2D eigenvalue weighted by atomic mass is 10.1. The fourth-order valence-corrected chi connectivity index (χ4v) is 1.91. The van der Waals surface area contributed by atoms with E-state index in [0.29, 0.717) is 6.54 Å². The first-order valence-corrected chi connectivity index (χ1v) is 7.16. The number of nitrogens with one attached hydrogen (secondary N) is 1. The van der Waals surface area contributed by atoms with Gasteiger partial charge in [0.1, 0.15) is 0 Å². The van der Waals surface area contributed by atoms with Crippen molar-refractivity contribution in [3.63, 3.8) is 0 Å². The maximum absolute atomic E-state index is 5.46. The van der Waals surface area contributed by atoms with Crippen molar-refractivity contribution in [2.45, 2.75) is 58.5 Å². The van der Waals surface area contributed by atoms with Crippen LogP contribution in [0, 0.1) is 0 Å². The van der Waals surface area contributed by atoms with Crippen LogP contribution in [0.25, 0.3) is 0 Å². The Kier molecular flexibility index (Phi) is 8.42. The van der Waals surface area contributed by atoms with E-state index in [9.17, 15) is 0 Å². The minimum absolute atomic E-state index is 0.605. The molecule has 0 spiro atoms. The molecule has 0 radical (unpaired) electrons. The van der Waals surface area contributed by atoms with Gasteiger partial charge < -0.3 is 11.1 Å². The van der Waals surface area contributed by atoms with E-state index in [1.165, 1.54) is 38.5 Å². The summed E-state index contributed by atoms with van der Waals surface area (Å²) in [6.45, 7) is 5.47. The summed E-state index contributed by atoms with van der Waals surface area (Å²) >= 11 is 0. The minimum Gasteiger partial charge on any atom is -0.329 e. The third-order valence-electron chi connectivity index (χ3n) is 2.96. The molecule has 0 saturated heterocycles. The Labute approximate surface area is 110 Å². The van der Waals surface area contributed by atoms with E-state index in [-0.39, 0.29) is 0 Å². The maximum atomic E-state index is 5.46. The highest BCUT2D eigenvalue weighted by atomic mass is 15.4. The van der Waals surface area contributed by atoms with Crippen LogP contribution in [0.15, 0.2) is 6.20 Å². The lowest BCUT2D eigenvalue weighted by molar-refractivity contribution is 0.569. The smallest absolute Gasteiger partial charge is 0.0964 e. The van der Waals surface area contributed by atoms with Crippen LogP contribution < -0.4 is 11.1 Å². The van der Waals surface area contributed by atoms with Gasteiger partial charge in [-0.3, -0.25) is 4.68 Å². The molecule has 0 aromatic carbocycles. The lowest BCUT2D eigenvalue weighted by Gasteiger charge is -2.02. The van der Waals surface area contributed by atoms with Crippen molar-refractivity contribution < 1.29 is 0 Å². The van der Waals surface area contributed by atoms with Gasteiger partial charge in [-0.1, -0.05) is 44.2 Å². The average molecular weight is 253 g/mol. The zero-order valence-corrected chi connectivity index (χ0v) is 11.6. The van der Waals surface area contributed by atoms with Crippen LogP contribution in [0.5, 0.6) is 0 Å². The van der Waals surface area contributed by atoms with Crippen molar-refractivity contribution in [3.8, 4) is 0 Å². The van der Waals surface area contributed by atoms with Gasteiger partial charge in [0.25, 0.3) is 0 Å². The van der Waals surface area contributed by atoms with Gasteiger partial charge in [-0.2, -0.15) is 0 Å². The molecule has 5 heteroatoms. The van der Waals surface area contributed by atoms with Crippen LogP contribution in [0.1, 0.15) is 51.1 Å². The molecule has 0 amide bonds. The monoisotopic (exact) mass is 253 g/mol. The van der Waals surface area contributed by atoms with Crippen LogP contribution in [-0.2, 0) is 13.1 Å². The summed E-state index contributed by atoms with van der Waals surface area (Å²) in [4.78, 5) is 0. The van der Waals surface area contributed by atoms with Crippen molar-refractivity contribution in [2.24, 2.45) is 5.73 Å². The van der Waals surface area contributed by atoms with Crippen molar-refractivity contribution in [3.05, 3.63) is 11.9 Å². The van der Waals surface area contributed by atoms with Crippen LogP contribution in [-0.4, -0.2) is 28.1 Å². The van der Waals surface area contributed by atoms with Crippen LogP contribution >= 0.6 is 0 Å². The molecule has 0 saturated carbocycles. The van der Waals surface area contributed by atoms with E-state index in [2.05, 4.69) is 22.6 Å². The van der Waals surface area contributed by atoms with Gasteiger partial charge >= 0.3 is 0 Å². The third-order valence-corrected chi connectivity index (χ3v) is 2.96. The molecule has 0 bridgehead atoms. The molecule has 104 valence electrons. The van der Waals surface area contributed by atoms with Crippen LogP contribution in [0.4, 0.5) is 0 Å². The van der Waals surface area contributed by atoms with Gasteiger partial charge in [-0.05, 0) is 13.0 Å². The summed E-state index contributed by atoms with van der Waals surface area (Å²) in [6.07, 6.45) is 9.97. The number of aromatic nitrogens is 3. The number of hydrogen-bond donors (Lipinski definition) is 2. The number of nitrogens with two attached hydrogens (primary N) is 1. The Balaban J connectivity index is 1.96. The second kappa shape index (κ2) is 10.0. The highest BCUT2D eigenvalue weighted by Crippen LogP contribution is 2.04. The molecule has 3 N–H and O–H groups in total. The lowest BCUT2D eigenvalue weighted by Crippen LogP contribution is -2.15. The molecule has 0 atom stereocenters. The number of hydrogen-bond acceptors (Lipinski definition) is 4. The van der Waals surface area contributed by atoms with Crippen molar-refractivity contribution in [1.29, 1.82) is 0 Å². The molecule has 18 heavy (non-hydrogen) atoms. The summed E-state index contributed by atoms with van der Waals surface area (Å²) in [7, 11) is 0. The highest BCUT2D eigenvalue weighted by Gasteiger charge is 1.99. The van der Waals surface area contributed by atoms with Gasteiger partial charge in [0, 0.05) is 19.3 Å². The number of rotatable bonds is 11. The van der Waals surface area contributed by atoms with E-state index in [1.54, 1.807) is 4.68 Å². The fourth-order valence-electron chi connectivity index (χ4n) is 1.91. The Bertz CT molecular complexity index is 297. The van der Waals surface area contributed by atoms with E-state index < -0.39 is 0 Å². The van der Waals surface area contributed by atoms with E-state index in [1.807, 2.05) is 6.20 Å². The second-order valence-electron chi connectivity index (χ2n) is 4.71. The zero-order valence-electron chi connectivity index (χ0n) is 11.6. The van der Waals surface area contributed by atoms with Crippen molar-refractivity contribution >= 4 is 0 Å². The first-order chi connectivity index (χ1) is 8.86. The summed E-state index contributed by atoms with van der Waals surface area (Å²) < 4.78 is 1.79. The standard InChI is InChI=1S/C13H27N5/c1-2-3-4-5-6-7-9-15-11-13-12-18(10-8-14)17-16-13/h12,15H,2-11,14H2,1H3. The van der Waals surface area contributed by atoms with Gasteiger partial charge in [0.05, 0.1) is 12.2 Å². The molecule has 5 nitrogen and oxygen atoms in total. The van der Waals surface area contributed by atoms with E-state index in [4.69, 9.17) is 5.73 Å². The summed E-state index contributed by atoms with van der Waals surface area (Å²) in [5, 5.41) is 11.5. The number of unbranched alkanes of at least 4 members (excludes halogenated alkanes) is 5. The van der Waals surface area contributed by atoms with E-state index in [0.717, 1.165) is 25.3 Å². The van der Waals surface area contributed by atoms with Gasteiger partial charge in [0.15, 0.2) is 0 Å². The molecule has 0 unspecified atom stereocenters. The molecular weight excluding hydrogens is 226 g/mol. The van der Waals surface area contributed by atoms with Gasteiger partial charge in [-0.25, -0.2) is 0 Å². The maximum Gasteiger partial charge on any atom is 0.0964 e. The topological polar surface area (TPSA) is 68.8 Å². The molecule has 1 aromatic heterocycles. The Hall–Kier alpha value is -0.940. The summed E-state index contributed by atoms with van der Waals surface area (Å²) in [5.41, 5.74) is 6.45. The molecule has 0 aliphatic heterocycles. The average Bonchev–Trinajstić information content (AvgIpc) is 2.81. The predicted octanol–water partition coefficient (Wildman–Crippen LogP) is 1.69. The summed E-state index contributed by atoms with van der Waals surface area (Å²) in [6, 6.07) is 0. The molecule has 0 aliphatic carbocycles. The molecule has 1 rings (SSSR count). The largest absolute Gasteiger partial charge is 0.329 e. The zero-order chi connectivity index (χ0) is 13.1. The Morgan fingerprint density at radius 2 is 2.00 bits per heavy atom. The molecule has 1 heterocycles. The molecule has 0 fully saturated rings. The van der Waals surface area contributed by atoms with Crippen molar-refractivity contribution in [1.82, 2.24) is 20.3 Å². The SMILES string of the molecule is CCCCCCCCNCc1cn(CCN)nn1. The first kappa shape index (κ1) is 15.1. The van der Waals surface area contributed by atoms with Crippen molar-refractivity contribution in [2.75, 3.05) is 13.1 Å². The first-order valence-electron chi connectivity index (χ1n) is 7.16. The molecular formula is C13H27N5. The third kappa shape index (κ3) is 6.71. The van der Waals surface area contributed by atoms with Crippen LogP contribution in [0.2, 0.25) is 0 Å². The highest BCUT2D eigenvalue weighted by molar-refractivity contribution is 4.91.